The Morgan fingerprint density at radius 1 is 1.03 bits per heavy atom. The van der Waals surface area contributed by atoms with Crippen molar-refractivity contribution < 1.29 is 14.3 Å². The summed E-state index contributed by atoms with van der Waals surface area (Å²) in [7, 11) is 1.75. The minimum Gasteiger partial charge on any atom is -0.456 e. The molecule has 6 nitrogen and oxygen atoms in total. The van der Waals surface area contributed by atoms with E-state index in [1.807, 2.05) is 57.2 Å². The molecule has 7 heteroatoms. The molecule has 0 saturated carbocycles. The first-order valence-electron chi connectivity index (χ1n) is 11.9. The van der Waals surface area contributed by atoms with Crippen LogP contribution in [0.25, 0.3) is 0 Å². The number of fused-ring (bicyclic) bond motifs is 1. The molecule has 0 saturated heterocycles. The van der Waals surface area contributed by atoms with Crippen molar-refractivity contribution in [3.63, 3.8) is 0 Å². The highest BCUT2D eigenvalue weighted by Gasteiger charge is 2.31. The second kappa shape index (κ2) is 10.6. The summed E-state index contributed by atoms with van der Waals surface area (Å²) in [5, 5.41) is 3.57. The van der Waals surface area contributed by atoms with Crippen molar-refractivity contribution in [3.05, 3.63) is 87.8 Å². The van der Waals surface area contributed by atoms with Gasteiger partial charge in [0, 0.05) is 38.1 Å². The van der Waals surface area contributed by atoms with Crippen LogP contribution < -0.4 is 5.32 Å². The molecule has 0 atom stereocenters. The van der Waals surface area contributed by atoms with Gasteiger partial charge in [0.05, 0.1) is 5.56 Å². The van der Waals surface area contributed by atoms with E-state index < -0.39 is 5.60 Å². The van der Waals surface area contributed by atoms with Crippen molar-refractivity contribution in [3.8, 4) is 0 Å². The Balaban J connectivity index is 1.56. The summed E-state index contributed by atoms with van der Waals surface area (Å²) in [6.07, 6.45) is 0.739. The fourth-order valence-corrected chi connectivity index (χ4v) is 5.46. The van der Waals surface area contributed by atoms with Crippen LogP contribution in [0, 0.1) is 0 Å². The highest BCUT2D eigenvalue weighted by molar-refractivity contribution is 7.17. The number of nitrogens with one attached hydrogen (secondary N) is 1. The van der Waals surface area contributed by atoms with E-state index >= 15 is 0 Å². The molecule has 0 unspecified atom stereocenters. The van der Waals surface area contributed by atoms with Gasteiger partial charge in [-0.05, 0) is 43.9 Å². The number of carbonyl (C=O) groups is 2. The Labute approximate surface area is 211 Å². The average molecular weight is 492 g/mol. The maximum absolute atomic E-state index is 13.2. The van der Waals surface area contributed by atoms with E-state index in [4.69, 9.17) is 4.74 Å². The number of nitrogens with zero attached hydrogens (tertiary/aromatic N) is 2. The van der Waals surface area contributed by atoms with Gasteiger partial charge in [-0.2, -0.15) is 0 Å². The largest absolute Gasteiger partial charge is 0.456 e. The van der Waals surface area contributed by atoms with Crippen LogP contribution in [0.5, 0.6) is 0 Å². The number of carbonyl (C=O) groups excluding carboxylic acids is 2. The number of rotatable bonds is 6. The predicted molar refractivity (Wildman–Crippen MR) is 141 cm³/mol. The van der Waals surface area contributed by atoms with E-state index in [0.717, 1.165) is 42.1 Å². The van der Waals surface area contributed by atoms with Crippen LogP contribution in [0.3, 0.4) is 0 Å². The summed E-state index contributed by atoms with van der Waals surface area (Å²) in [5.74, 6) is -0.382. The lowest BCUT2D eigenvalue weighted by molar-refractivity contribution is 0.00694. The van der Waals surface area contributed by atoms with Gasteiger partial charge in [-0.15, -0.1) is 11.3 Å². The average Bonchev–Trinajstić information content (AvgIpc) is 3.16. The van der Waals surface area contributed by atoms with Gasteiger partial charge in [0.15, 0.2) is 0 Å². The number of hydrogen-bond donors (Lipinski definition) is 1. The molecule has 1 aliphatic rings. The highest BCUT2D eigenvalue weighted by Crippen LogP contribution is 2.38. The zero-order valence-corrected chi connectivity index (χ0v) is 21.7. The van der Waals surface area contributed by atoms with E-state index in [-0.39, 0.29) is 12.0 Å². The molecule has 4 rings (SSSR count). The van der Waals surface area contributed by atoms with Gasteiger partial charge >= 0.3 is 12.0 Å². The second-order valence-electron chi connectivity index (χ2n) is 9.93. The minimum absolute atomic E-state index is 0.251. The second-order valence-corrected chi connectivity index (χ2v) is 11.0. The Morgan fingerprint density at radius 3 is 2.29 bits per heavy atom. The summed E-state index contributed by atoms with van der Waals surface area (Å²) in [6.45, 7) is 8.48. The number of benzene rings is 2. The standard InChI is InChI=1S/C28H33N3O3S/c1-28(2,3)34-26(32)24-22-15-16-31(18-21-13-9-6-10-14-21)19-23(22)35-25(24)29-27(33)30(4)17-20-11-7-5-8-12-20/h5-14H,15-19H2,1-4H3,(H,29,33). The molecule has 0 fully saturated rings. The first-order chi connectivity index (χ1) is 16.7. The molecule has 1 N–H and O–H groups in total. The van der Waals surface area contributed by atoms with Crippen LogP contribution >= 0.6 is 11.3 Å². The van der Waals surface area contributed by atoms with Gasteiger partial charge in [-0.3, -0.25) is 10.2 Å². The van der Waals surface area contributed by atoms with Crippen molar-refractivity contribution in [1.29, 1.82) is 0 Å². The minimum atomic E-state index is -0.620. The fraction of sp³-hybridized carbons (Fsp3) is 0.357. The quantitative estimate of drug-likeness (QED) is 0.435. The molecule has 2 heterocycles. The maximum Gasteiger partial charge on any atom is 0.341 e. The third-order valence-corrected chi connectivity index (χ3v) is 6.95. The fourth-order valence-electron chi connectivity index (χ4n) is 4.19. The number of thiophene rings is 1. The number of anilines is 1. The third-order valence-electron chi connectivity index (χ3n) is 5.82. The van der Waals surface area contributed by atoms with Crippen molar-refractivity contribution in [2.45, 2.75) is 52.4 Å². The third kappa shape index (κ3) is 6.50. The lowest BCUT2D eigenvalue weighted by Gasteiger charge is -2.27. The molecule has 1 aromatic heterocycles. The molecule has 35 heavy (non-hydrogen) atoms. The molecule has 0 bridgehead atoms. The summed E-state index contributed by atoms with van der Waals surface area (Å²) >= 11 is 1.48. The number of esters is 1. The van der Waals surface area contributed by atoms with Crippen LogP contribution in [0.1, 0.15) is 52.7 Å². The molecule has 3 aromatic rings. The van der Waals surface area contributed by atoms with E-state index in [1.165, 1.54) is 16.9 Å². The van der Waals surface area contributed by atoms with Crippen molar-refractivity contribution in [2.75, 3.05) is 18.9 Å². The van der Waals surface area contributed by atoms with Gasteiger partial charge in [-0.25, -0.2) is 9.59 Å². The Kier molecular flexibility index (Phi) is 7.57. The van der Waals surface area contributed by atoms with Gasteiger partial charge < -0.3 is 9.64 Å². The highest BCUT2D eigenvalue weighted by atomic mass is 32.1. The number of ether oxygens (including phenoxy) is 1. The first kappa shape index (κ1) is 24.9. The number of amides is 2. The van der Waals surface area contributed by atoms with Crippen LogP contribution in [0.2, 0.25) is 0 Å². The van der Waals surface area contributed by atoms with E-state index in [0.29, 0.717) is 17.1 Å². The topological polar surface area (TPSA) is 61.9 Å². The SMILES string of the molecule is CN(Cc1ccccc1)C(=O)Nc1sc2c(c1C(=O)OC(C)(C)C)CCN(Cc1ccccc1)C2. The molecule has 1 aliphatic heterocycles. The van der Waals surface area contributed by atoms with Crippen LogP contribution in [-0.2, 0) is 30.8 Å². The van der Waals surface area contributed by atoms with Crippen molar-refractivity contribution >= 4 is 28.3 Å². The van der Waals surface area contributed by atoms with Gasteiger partial charge in [0.1, 0.15) is 10.6 Å². The normalized spacial score (nSPS) is 13.7. The lowest BCUT2D eigenvalue weighted by atomic mass is 10.0. The summed E-state index contributed by atoms with van der Waals surface area (Å²) in [5.41, 5.74) is 3.18. The molecular weight excluding hydrogens is 458 g/mol. The summed E-state index contributed by atoms with van der Waals surface area (Å²) < 4.78 is 5.74. The predicted octanol–water partition coefficient (Wildman–Crippen LogP) is 5.93. The van der Waals surface area contributed by atoms with Crippen LogP contribution in [0.4, 0.5) is 9.80 Å². The Hall–Kier alpha value is -3.16. The smallest absolute Gasteiger partial charge is 0.341 e. The molecule has 184 valence electrons. The van der Waals surface area contributed by atoms with E-state index in [2.05, 4.69) is 34.5 Å². The molecule has 2 aromatic carbocycles. The van der Waals surface area contributed by atoms with Crippen molar-refractivity contribution in [1.82, 2.24) is 9.80 Å². The first-order valence-corrected chi connectivity index (χ1v) is 12.7. The van der Waals surface area contributed by atoms with Gasteiger partial charge in [0.2, 0.25) is 0 Å². The monoisotopic (exact) mass is 491 g/mol. The zero-order chi connectivity index (χ0) is 25.0. The summed E-state index contributed by atoms with van der Waals surface area (Å²) in [6, 6.07) is 20.0. The van der Waals surface area contributed by atoms with Crippen LogP contribution in [-0.4, -0.2) is 41.0 Å². The van der Waals surface area contributed by atoms with Crippen LogP contribution in [0.15, 0.2) is 60.7 Å². The molecule has 0 spiro atoms. The lowest BCUT2D eigenvalue weighted by Crippen LogP contribution is -2.32. The van der Waals surface area contributed by atoms with Gasteiger partial charge in [-0.1, -0.05) is 60.7 Å². The number of urea groups is 1. The molecule has 0 aliphatic carbocycles. The maximum atomic E-state index is 13.2. The Bertz CT molecular complexity index is 1170. The van der Waals surface area contributed by atoms with E-state index in [1.54, 1.807) is 11.9 Å². The molecular formula is C28H33N3O3S. The Morgan fingerprint density at radius 2 is 1.66 bits per heavy atom. The van der Waals surface area contributed by atoms with Crippen molar-refractivity contribution in [2.24, 2.45) is 0 Å². The molecule has 2 amide bonds. The van der Waals surface area contributed by atoms with E-state index in [9.17, 15) is 9.59 Å². The van der Waals surface area contributed by atoms with Gasteiger partial charge in [0.25, 0.3) is 0 Å². The zero-order valence-electron chi connectivity index (χ0n) is 20.8. The summed E-state index contributed by atoms with van der Waals surface area (Å²) in [4.78, 5) is 31.4. The number of hydrogen-bond acceptors (Lipinski definition) is 5. The molecule has 0 radical (unpaired) electrons.